The Kier molecular flexibility index (Phi) is 4.02. The SMILES string of the molecule is Cc1cccc(C)c1O.[Na]. The van der Waals surface area contributed by atoms with E-state index in [1.165, 1.54) is 0 Å². The molecular formula is C8H10NaO. The summed E-state index contributed by atoms with van der Waals surface area (Å²) in [6.07, 6.45) is 0. The van der Waals surface area contributed by atoms with Crippen molar-refractivity contribution < 1.29 is 5.11 Å². The van der Waals surface area contributed by atoms with Crippen molar-refractivity contribution in [3.63, 3.8) is 0 Å². The van der Waals surface area contributed by atoms with E-state index < -0.39 is 0 Å². The van der Waals surface area contributed by atoms with Crippen LogP contribution in [0.3, 0.4) is 0 Å². The molecule has 0 spiro atoms. The maximum atomic E-state index is 9.21. The third-order valence-electron chi connectivity index (χ3n) is 1.44. The summed E-state index contributed by atoms with van der Waals surface area (Å²) in [6.45, 7) is 3.78. The molecule has 1 N–H and O–H groups in total. The Morgan fingerprint density at radius 2 is 1.50 bits per heavy atom. The van der Waals surface area contributed by atoms with E-state index in [2.05, 4.69) is 0 Å². The average Bonchev–Trinajstić information content (AvgIpc) is 1.83. The van der Waals surface area contributed by atoms with Crippen molar-refractivity contribution in [2.45, 2.75) is 13.8 Å². The first kappa shape index (κ1) is 10.0. The van der Waals surface area contributed by atoms with Crippen molar-refractivity contribution >= 4 is 29.6 Å². The summed E-state index contributed by atoms with van der Waals surface area (Å²) in [5, 5.41) is 9.21. The van der Waals surface area contributed by atoms with Gasteiger partial charge in [0.2, 0.25) is 0 Å². The van der Waals surface area contributed by atoms with E-state index >= 15 is 0 Å². The van der Waals surface area contributed by atoms with Crippen molar-refractivity contribution in [1.82, 2.24) is 0 Å². The molecule has 0 aliphatic rings. The second-order valence-corrected chi connectivity index (χ2v) is 2.24. The van der Waals surface area contributed by atoms with Gasteiger partial charge in [0.25, 0.3) is 0 Å². The van der Waals surface area contributed by atoms with E-state index in [0.717, 1.165) is 11.1 Å². The van der Waals surface area contributed by atoms with Crippen LogP contribution in [0.2, 0.25) is 0 Å². The predicted octanol–water partition coefficient (Wildman–Crippen LogP) is 1.63. The van der Waals surface area contributed by atoms with Crippen LogP contribution in [-0.2, 0) is 0 Å². The number of phenols is 1. The van der Waals surface area contributed by atoms with Gasteiger partial charge < -0.3 is 5.11 Å². The fourth-order valence-electron chi connectivity index (χ4n) is 0.806. The third-order valence-corrected chi connectivity index (χ3v) is 1.44. The topological polar surface area (TPSA) is 20.2 Å². The number of para-hydroxylation sites is 1. The zero-order valence-corrected chi connectivity index (χ0v) is 8.68. The standard InChI is InChI=1S/C8H10O.Na/c1-6-4-3-5-7(2)8(6)9;/h3-5,9H,1-2H3;. The quantitative estimate of drug-likeness (QED) is 0.550. The summed E-state index contributed by atoms with van der Waals surface area (Å²) >= 11 is 0. The molecule has 49 valence electrons. The Balaban J connectivity index is 0.000000810. The Bertz CT molecular complexity index is 200. The molecule has 0 aromatic heterocycles. The Morgan fingerprint density at radius 1 is 1.10 bits per heavy atom. The van der Waals surface area contributed by atoms with Crippen LogP contribution in [0.15, 0.2) is 18.2 Å². The molecule has 1 aromatic carbocycles. The number of hydrogen-bond acceptors (Lipinski definition) is 1. The van der Waals surface area contributed by atoms with Crippen LogP contribution in [0, 0.1) is 13.8 Å². The molecule has 0 bridgehead atoms. The van der Waals surface area contributed by atoms with Gasteiger partial charge in [-0.25, -0.2) is 0 Å². The van der Waals surface area contributed by atoms with E-state index in [9.17, 15) is 5.11 Å². The molecule has 0 saturated heterocycles. The molecule has 2 heteroatoms. The summed E-state index contributed by atoms with van der Waals surface area (Å²) in [7, 11) is 0. The predicted molar refractivity (Wildman–Crippen MR) is 43.3 cm³/mol. The molecule has 1 radical (unpaired) electrons. The summed E-state index contributed by atoms with van der Waals surface area (Å²) in [4.78, 5) is 0. The minimum atomic E-state index is 0. The van der Waals surface area contributed by atoms with Gasteiger partial charge in [0.05, 0.1) is 0 Å². The first-order valence-corrected chi connectivity index (χ1v) is 2.97. The van der Waals surface area contributed by atoms with Crippen LogP contribution in [0.1, 0.15) is 11.1 Å². The van der Waals surface area contributed by atoms with Crippen molar-refractivity contribution in [3.05, 3.63) is 29.3 Å². The molecule has 1 aromatic rings. The minimum Gasteiger partial charge on any atom is -0.507 e. The molecule has 0 heterocycles. The molecule has 0 amide bonds. The van der Waals surface area contributed by atoms with E-state index in [0.29, 0.717) is 5.75 Å². The summed E-state index contributed by atoms with van der Waals surface area (Å²) < 4.78 is 0. The largest absolute Gasteiger partial charge is 0.507 e. The zero-order chi connectivity index (χ0) is 6.85. The van der Waals surface area contributed by atoms with E-state index in [-0.39, 0.29) is 29.6 Å². The van der Waals surface area contributed by atoms with Crippen LogP contribution >= 0.6 is 0 Å². The van der Waals surface area contributed by atoms with Gasteiger partial charge in [0.15, 0.2) is 0 Å². The van der Waals surface area contributed by atoms with Gasteiger partial charge in [-0.1, -0.05) is 18.2 Å². The summed E-state index contributed by atoms with van der Waals surface area (Å²) in [5.74, 6) is 0.414. The molecule has 0 saturated carbocycles. The van der Waals surface area contributed by atoms with Gasteiger partial charge in [-0.15, -0.1) is 0 Å². The number of rotatable bonds is 0. The fraction of sp³-hybridized carbons (Fsp3) is 0.250. The van der Waals surface area contributed by atoms with Crippen molar-refractivity contribution in [2.75, 3.05) is 0 Å². The second-order valence-electron chi connectivity index (χ2n) is 2.24. The minimum absolute atomic E-state index is 0. The number of aryl methyl sites for hydroxylation is 2. The molecular weight excluding hydrogens is 135 g/mol. The summed E-state index contributed by atoms with van der Waals surface area (Å²) in [6, 6.07) is 5.72. The molecule has 1 rings (SSSR count). The molecule has 10 heavy (non-hydrogen) atoms. The Hall–Kier alpha value is 0.0200. The maximum absolute atomic E-state index is 9.21. The number of aromatic hydroxyl groups is 1. The molecule has 1 nitrogen and oxygen atoms in total. The average molecular weight is 145 g/mol. The van der Waals surface area contributed by atoms with Crippen LogP contribution < -0.4 is 0 Å². The molecule has 0 aliphatic heterocycles. The molecule has 0 aliphatic carbocycles. The summed E-state index contributed by atoms with van der Waals surface area (Å²) in [5.41, 5.74) is 1.88. The monoisotopic (exact) mass is 145 g/mol. The number of hydrogen-bond donors (Lipinski definition) is 1. The van der Waals surface area contributed by atoms with Crippen LogP contribution in [0.25, 0.3) is 0 Å². The Morgan fingerprint density at radius 3 is 1.80 bits per heavy atom. The maximum Gasteiger partial charge on any atom is 0.121 e. The number of phenolic OH excluding ortho intramolecular Hbond substituents is 1. The van der Waals surface area contributed by atoms with Gasteiger partial charge in [0, 0.05) is 29.6 Å². The normalized spacial score (nSPS) is 8.60. The van der Waals surface area contributed by atoms with Gasteiger partial charge in [-0.3, -0.25) is 0 Å². The van der Waals surface area contributed by atoms with E-state index in [1.54, 1.807) is 0 Å². The molecule has 0 unspecified atom stereocenters. The first-order valence-electron chi connectivity index (χ1n) is 2.97. The molecule has 0 atom stereocenters. The van der Waals surface area contributed by atoms with Crippen LogP contribution in [-0.4, -0.2) is 34.7 Å². The Labute approximate surface area is 83.4 Å². The zero-order valence-electron chi connectivity index (χ0n) is 6.68. The van der Waals surface area contributed by atoms with Crippen molar-refractivity contribution in [3.8, 4) is 5.75 Å². The smallest absolute Gasteiger partial charge is 0.121 e. The van der Waals surface area contributed by atoms with Crippen LogP contribution in [0.4, 0.5) is 0 Å². The van der Waals surface area contributed by atoms with Crippen molar-refractivity contribution in [2.24, 2.45) is 0 Å². The van der Waals surface area contributed by atoms with Crippen LogP contribution in [0.5, 0.6) is 5.75 Å². The molecule has 0 fully saturated rings. The second kappa shape index (κ2) is 4.02. The fourth-order valence-corrected chi connectivity index (χ4v) is 0.806. The van der Waals surface area contributed by atoms with E-state index in [1.807, 2.05) is 32.0 Å². The van der Waals surface area contributed by atoms with Gasteiger partial charge in [0.1, 0.15) is 5.75 Å². The first-order chi connectivity index (χ1) is 4.22. The van der Waals surface area contributed by atoms with Gasteiger partial charge >= 0.3 is 0 Å². The number of benzene rings is 1. The van der Waals surface area contributed by atoms with Gasteiger partial charge in [-0.05, 0) is 25.0 Å². The van der Waals surface area contributed by atoms with Crippen molar-refractivity contribution in [1.29, 1.82) is 0 Å². The van der Waals surface area contributed by atoms with E-state index in [4.69, 9.17) is 0 Å². The third kappa shape index (κ3) is 2.01. The van der Waals surface area contributed by atoms with Gasteiger partial charge in [-0.2, -0.15) is 0 Å².